The molecule has 0 atom stereocenters. The Labute approximate surface area is 115 Å². The van der Waals surface area contributed by atoms with Gasteiger partial charge in [-0.05, 0) is 18.2 Å². The molecule has 1 heterocycles. The molecule has 2 aromatic rings. The predicted molar refractivity (Wildman–Crippen MR) is 64.1 cm³/mol. The highest BCUT2D eigenvalue weighted by Gasteiger charge is 2.36. The normalized spacial score (nSPS) is 12.5. The number of hydrogen-bond donors (Lipinski definition) is 1. The molecular weight excluding hydrogens is 298 g/mol. The van der Waals surface area contributed by atoms with E-state index in [1.807, 2.05) is 0 Å². The Bertz CT molecular complexity index is 660. The highest BCUT2D eigenvalue weighted by atomic mass is 19.4. The van der Waals surface area contributed by atoms with Gasteiger partial charge in [0, 0.05) is 5.56 Å². The topological polar surface area (TPSA) is 38.9 Å². The van der Waals surface area contributed by atoms with Crippen LogP contribution in [0.4, 0.5) is 32.0 Å². The minimum atomic E-state index is -4.77. The number of nitrogen functional groups attached to an aromatic ring is 1. The first kappa shape index (κ1) is 15.1. The lowest BCUT2D eigenvalue weighted by Crippen LogP contribution is -2.10. The van der Waals surface area contributed by atoms with Crippen LogP contribution < -0.4 is 5.73 Å². The summed E-state index contributed by atoms with van der Waals surface area (Å²) in [6, 6.07) is 4.18. The first-order chi connectivity index (χ1) is 9.59. The average molecular weight is 306 g/mol. The van der Waals surface area contributed by atoms with E-state index in [0.29, 0.717) is 12.1 Å². The van der Waals surface area contributed by atoms with Crippen LogP contribution >= 0.6 is 0 Å². The molecule has 21 heavy (non-hydrogen) atoms. The zero-order chi connectivity index (χ0) is 15.8. The van der Waals surface area contributed by atoms with Gasteiger partial charge in [0.1, 0.15) is 0 Å². The van der Waals surface area contributed by atoms with Crippen LogP contribution in [0.3, 0.4) is 0 Å². The number of rotatable bonds is 1. The molecule has 0 saturated heterocycles. The van der Waals surface area contributed by atoms with Crippen LogP contribution in [0.2, 0.25) is 0 Å². The summed E-state index contributed by atoms with van der Waals surface area (Å²) in [6.45, 7) is 0. The third-order valence-corrected chi connectivity index (χ3v) is 2.68. The van der Waals surface area contributed by atoms with Crippen molar-refractivity contribution in [3.63, 3.8) is 0 Å². The van der Waals surface area contributed by atoms with E-state index in [9.17, 15) is 26.3 Å². The van der Waals surface area contributed by atoms with Crippen molar-refractivity contribution >= 4 is 5.69 Å². The Morgan fingerprint density at radius 3 is 2.14 bits per heavy atom. The molecule has 2 nitrogen and oxygen atoms in total. The minimum Gasteiger partial charge on any atom is -0.397 e. The maximum atomic E-state index is 12.9. The molecule has 0 radical (unpaired) electrons. The number of aromatic nitrogens is 1. The Kier molecular flexibility index (Phi) is 3.56. The van der Waals surface area contributed by atoms with Crippen LogP contribution in [0, 0.1) is 0 Å². The van der Waals surface area contributed by atoms with Crippen LogP contribution in [-0.4, -0.2) is 4.98 Å². The number of pyridine rings is 1. The molecule has 1 aromatic carbocycles. The molecular formula is C13H8F6N2. The van der Waals surface area contributed by atoms with Crippen molar-refractivity contribution in [2.75, 3.05) is 5.73 Å². The summed E-state index contributed by atoms with van der Waals surface area (Å²) in [5.41, 5.74) is 1.93. The van der Waals surface area contributed by atoms with E-state index in [1.165, 1.54) is 0 Å². The molecule has 0 aliphatic carbocycles. The maximum Gasteiger partial charge on any atom is 0.418 e. The first-order valence-electron chi connectivity index (χ1n) is 5.59. The summed E-state index contributed by atoms with van der Waals surface area (Å²) in [5.74, 6) is 0. The molecule has 2 N–H and O–H groups in total. The lowest BCUT2D eigenvalue weighted by atomic mass is 10.0. The van der Waals surface area contributed by atoms with Gasteiger partial charge in [-0.15, -0.1) is 0 Å². The van der Waals surface area contributed by atoms with E-state index >= 15 is 0 Å². The molecule has 2 rings (SSSR count). The fourth-order valence-corrected chi connectivity index (χ4v) is 1.77. The van der Waals surface area contributed by atoms with E-state index in [1.54, 1.807) is 0 Å². The number of nitrogens with two attached hydrogens (primary N) is 1. The van der Waals surface area contributed by atoms with Crippen LogP contribution in [0.25, 0.3) is 11.3 Å². The van der Waals surface area contributed by atoms with E-state index in [4.69, 9.17) is 5.73 Å². The molecule has 8 heteroatoms. The van der Waals surface area contributed by atoms with Crippen molar-refractivity contribution in [2.24, 2.45) is 0 Å². The Balaban J connectivity index is 2.63. The summed E-state index contributed by atoms with van der Waals surface area (Å²) in [6.07, 6.45) is -8.46. The zero-order valence-corrected chi connectivity index (χ0v) is 10.3. The van der Waals surface area contributed by atoms with Crippen LogP contribution in [0.1, 0.15) is 11.1 Å². The number of benzene rings is 1. The zero-order valence-electron chi connectivity index (χ0n) is 10.3. The van der Waals surface area contributed by atoms with Crippen molar-refractivity contribution in [2.45, 2.75) is 12.4 Å². The van der Waals surface area contributed by atoms with Crippen molar-refractivity contribution < 1.29 is 26.3 Å². The van der Waals surface area contributed by atoms with Gasteiger partial charge < -0.3 is 5.73 Å². The maximum absolute atomic E-state index is 12.9. The molecule has 0 aliphatic rings. The van der Waals surface area contributed by atoms with Crippen LogP contribution in [0.15, 0.2) is 36.5 Å². The molecule has 0 fully saturated rings. The van der Waals surface area contributed by atoms with Gasteiger partial charge in [0.05, 0.1) is 28.7 Å². The lowest BCUT2D eigenvalue weighted by Gasteiger charge is -2.14. The van der Waals surface area contributed by atoms with Gasteiger partial charge in [-0.25, -0.2) is 0 Å². The summed E-state index contributed by atoms with van der Waals surface area (Å²) in [4.78, 5) is 3.53. The number of anilines is 1. The van der Waals surface area contributed by atoms with Crippen LogP contribution in [-0.2, 0) is 12.4 Å². The van der Waals surface area contributed by atoms with Crippen molar-refractivity contribution in [1.29, 1.82) is 0 Å². The molecule has 112 valence electrons. The third kappa shape index (κ3) is 3.26. The van der Waals surface area contributed by atoms with Crippen molar-refractivity contribution in [1.82, 2.24) is 4.98 Å². The monoisotopic (exact) mass is 306 g/mol. The van der Waals surface area contributed by atoms with Gasteiger partial charge in [0.2, 0.25) is 0 Å². The van der Waals surface area contributed by atoms with E-state index in [2.05, 4.69) is 4.98 Å². The Hall–Kier alpha value is -2.25. The molecule has 0 spiro atoms. The van der Waals surface area contributed by atoms with Gasteiger partial charge in [-0.2, -0.15) is 26.3 Å². The third-order valence-electron chi connectivity index (χ3n) is 2.68. The fraction of sp³-hybridized carbons (Fsp3) is 0.154. The SMILES string of the molecule is Nc1cnc(-c2cccc(C(F)(F)F)c2)c(C(F)(F)F)c1. The fourth-order valence-electron chi connectivity index (χ4n) is 1.77. The first-order valence-corrected chi connectivity index (χ1v) is 5.59. The quantitative estimate of drug-likeness (QED) is 0.795. The van der Waals surface area contributed by atoms with E-state index in [0.717, 1.165) is 24.4 Å². The average Bonchev–Trinajstić information content (AvgIpc) is 2.37. The van der Waals surface area contributed by atoms with Crippen molar-refractivity contribution in [3.8, 4) is 11.3 Å². The van der Waals surface area contributed by atoms with Gasteiger partial charge in [0.15, 0.2) is 0 Å². The van der Waals surface area contributed by atoms with Crippen LogP contribution in [0.5, 0.6) is 0 Å². The second-order valence-electron chi connectivity index (χ2n) is 4.24. The largest absolute Gasteiger partial charge is 0.418 e. The number of hydrogen-bond acceptors (Lipinski definition) is 2. The highest BCUT2D eigenvalue weighted by molar-refractivity contribution is 5.66. The van der Waals surface area contributed by atoms with Gasteiger partial charge in [-0.1, -0.05) is 12.1 Å². The van der Waals surface area contributed by atoms with Crippen molar-refractivity contribution in [3.05, 3.63) is 47.7 Å². The van der Waals surface area contributed by atoms with Gasteiger partial charge in [-0.3, -0.25) is 4.98 Å². The molecule has 0 aliphatic heterocycles. The van der Waals surface area contributed by atoms with Gasteiger partial charge >= 0.3 is 12.4 Å². The predicted octanol–water partition coefficient (Wildman–Crippen LogP) is 4.37. The number of nitrogens with zero attached hydrogens (tertiary/aromatic N) is 1. The van der Waals surface area contributed by atoms with E-state index in [-0.39, 0.29) is 11.3 Å². The highest BCUT2D eigenvalue weighted by Crippen LogP contribution is 2.38. The molecule has 0 bridgehead atoms. The molecule has 1 aromatic heterocycles. The molecule has 0 unspecified atom stereocenters. The lowest BCUT2D eigenvalue weighted by molar-refractivity contribution is -0.137. The second kappa shape index (κ2) is 4.94. The Morgan fingerprint density at radius 1 is 0.905 bits per heavy atom. The summed E-state index contributed by atoms with van der Waals surface area (Å²) < 4.78 is 76.7. The summed E-state index contributed by atoms with van der Waals surface area (Å²) >= 11 is 0. The summed E-state index contributed by atoms with van der Waals surface area (Å²) in [5, 5.41) is 0. The molecule has 0 amide bonds. The van der Waals surface area contributed by atoms with E-state index < -0.39 is 29.2 Å². The number of alkyl halides is 6. The summed E-state index contributed by atoms with van der Waals surface area (Å²) in [7, 11) is 0. The second-order valence-corrected chi connectivity index (χ2v) is 4.24. The Morgan fingerprint density at radius 2 is 1.57 bits per heavy atom. The molecule has 0 saturated carbocycles. The minimum absolute atomic E-state index is 0.224. The number of halogens is 6. The smallest absolute Gasteiger partial charge is 0.397 e. The van der Waals surface area contributed by atoms with Gasteiger partial charge in [0.25, 0.3) is 0 Å². The standard InChI is InChI=1S/C13H8F6N2/c14-12(15,16)8-3-1-2-7(4-8)11-10(13(17,18)19)5-9(20)6-21-11/h1-6H,20H2.